The molecular weight excluding hydrogens is 344 g/mol. The number of halogens is 1. The molecule has 3 aromatic rings. The molecule has 1 heterocycles. The second-order valence-corrected chi connectivity index (χ2v) is 5.53. The maximum Gasteiger partial charge on any atom is 0.309 e. The number of para-hydroxylation sites is 1. The summed E-state index contributed by atoms with van der Waals surface area (Å²) in [4.78, 5) is 15.9. The van der Waals surface area contributed by atoms with Gasteiger partial charge in [0.1, 0.15) is 5.75 Å². The molecule has 0 spiro atoms. The number of rotatable bonds is 7. The summed E-state index contributed by atoms with van der Waals surface area (Å²) >= 11 is 5.84. The standard InChI is InChI=1S/C18H15ClN2O4/c19-14-8-6-13(7-9-14)18-20-16(25-21-18)12-24-17(22)10-11-23-15-4-2-1-3-5-15/h1-9H,10-12H2. The van der Waals surface area contributed by atoms with Crippen LogP contribution in [-0.2, 0) is 16.1 Å². The third-order valence-electron chi connectivity index (χ3n) is 3.25. The van der Waals surface area contributed by atoms with Gasteiger partial charge in [-0.05, 0) is 36.4 Å². The van der Waals surface area contributed by atoms with Crippen molar-refractivity contribution in [3.8, 4) is 17.1 Å². The van der Waals surface area contributed by atoms with E-state index < -0.39 is 5.97 Å². The number of carbonyl (C=O) groups is 1. The number of nitrogens with zero attached hydrogens (tertiary/aromatic N) is 2. The van der Waals surface area contributed by atoms with Gasteiger partial charge >= 0.3 is 5.97 Å². The van der Waals surface area contributed by atoms with Crippen LogP contribution in [0.15, 0.2) is 59.1 Å². The van der Waals surface area contributed by atoms with Crippen LogP contribution >= 0.6 is 11.6 Å². The summed E-state index contributed by atoms with van der Waals surface area (Å²) in [6.45, 7) is 0.160. The van der Waals surface area contributed by atoms with Crippen LogP contribution in [0, 0.1) is 0 Å². The van der Waals surface area contributed by atoms with E-state index >= 15 is 0 Å². The van der Waals surface area contributed by atoms with Crippen molar-refractivity contribution in [2.24, 2.45) is 0 Å². The van der Waals surface area contributed by atoms with E-state index in [-0.39, 0.29) is 25.5 Å². The number of hydrogen-bond donors (Lipinski definition) is 0. The van der Waals surface area contributed by atoms with Gasteiger partial charge in [0.2, 0.25) is 5.82 Å². The van der Waals surface area contributed by atoms with E-state index in [0.29, 0.717) is 16.6 Å². The molecule has 0 unspecified atom stereocenters. The van der Waals surface area contributed by atoms with Crippen molar-refractivity contribution in [2.75, 3.05) is 6.61 Å². The van der Waals surface area contributed by atoms with Gasteiger partial charge in [0.05, 0.1) is 13.0 Å². The molecule has 0 bridgehead atoms. The van der Waals surface area contributed by atoms with Crippen molar-refractivity contribution in [3.05, 3.63) is 65.5 Å². The van der Waals surface area contributed by atoms with Gasteiger partial charge in [-0.1, -0.05) is 35.0 Å². The Morgan fingerprint density at radius 1 is 1.08 bits per heavy atom. The van der Waals surface area contributed by atoms with E-state index in [1.807, 2.05) is 30.3 Å². The molecule has 0 fully saturated rings. The molecule has 0 atom stereocenters. The first-order chi connectivity index (χ1) is 12.2. The lowest BCUT2D eigenvalue weighted by Crippen LogP contribution is -2.10. The first-order valence-corrected chi connectivity index (χ1v) is 8.00. The number of hydrogen-bond acceptors (Lipinski definition) is 6. The molecule has 6 nitrogen and oxygen atoms in total. The maximum absolute atomic E-state index is 11.7. The highest BCUT2D eigenvalue weighted by molar-refractivity contribution is 6.30. The third-order valence-corrected chi connectivity index (χ3v) is 3.50. The fourth-order valence-corrected chi connectivity index (χ4v) is 2.14. The monoisotopic (exact) mass is 358 g/mol. The first-order valence-electron chi connectivity index (χ1n) is 7.63. The summed E-state index contributed by atoms with van der Waals surface area (Å²) in [7, 11) is 0. The molecule has 0 saturated carbocycles. The minimum atomic E-state index is -0.401. The quantitative estimate of drug-likeness (QED) is 0.596. The Kier molecular flexibility index (Phi) is 5.64. The summed E-state index contributed by atoms with van der Waals surface area (Å²) in [5, 5.41) is 4.47. The topological polar surface area (TPSA) is 74.5 Å². The zero-order chi connectivity index (χ0) is 17.5. The Hall–Kier alpha value is -2.86. The summed E-state index contributed by atoms with van der Waals surface area (Å²) < 4.78 is 15.6. The number of aromatic nitrogens is 2. The Morgan fingerprint density at radius 3 is 2.60 bits per heavy atom. The largest absolute Gasteiger partial charge is 0.493 e. The molecule has 0 aliphatic rings. The van der Waals surface area contributed by atoms with Gasteiger partial charge in [-0.2, -0.15) is 4.98 Å². The zero-order valence-corrected chi connectivity index (χ0v) is 14.0. The molecule has 0 saturated heterocycles. The number of carbonyl (C=O) groups excluding carboxylic acids is 1. The smallest absolute Gasteiger partial charge is 0.309 e. The molecule has 2 aromatic carbocycles. The average molecular weight is 359 g/mol. The third kappa shape index (κ3) is 5.06. The molecule has 0 radical (unpaired) electrons. The van der Waals surface area contributed by atoms with Gasteiger partial charge in [0, 0.05) is 10.6 Å². The van der Waals surface area contributed by atoms with Gasteiger partial charge in [0.25, 0.3) is 5.89 Å². The molecule has 3 rings (SSSR count). The van der Waals surface area contributed by atoms with E-state index in [1.165, 1.54) is 0 Å². The summed E-state index contributed by atoms with van der Waals surface area (Å²) in [5.41, 5.74) is 0.766. The van der Waals surface area contributed by atoms with E-state index in [2.05, 4.69) is 10.1 Å². The van der Waals surface area contributed by atoms with Crippen molar-refractivity contribution in [1.29, 1.82) is 0 Å². The van der Waals surface area contributed by atoms with Crippen LogP contribution in [0.1, 0.15) is 12.3 Å². The van der Waals surface area contributed by atoms with Gasteiger partial charge in [-0.15, -0.1) is 0 Å². The normalized spacial score (nSPS) is 10.4. The second kappa shape index (κ2) is 8.30. The van der Waals surface area contributed by atoms with Crippen LogP contribution in [0.25, 0.3) is 11.4 Å². The summed E-state index contributed by atoms with van der Waals surface area (Å²) in [6, 6.07) is 16.3. The second-order valence-electron chi connectivity index (χ2n) is 5.09. The van der Waals surface area contributed by atoms with Crippen LogP contribution in [0.5, 0.6) is 5.75 Å². The molecule has 128 valence electrons. The summed E-state index contributed by atoms with van der Waals surface area (Å²) in [6.07, 6.45) is 0.132. The number of ether oxygens (including phenoxy) is 2. The van der Waals surface area contributed by atoms with Crippen LogP contribution in [-0.4, -0.2) is 22.7 Å². The van der Waals surface area contributed by atoms with Gasteiger partial charge in [-0.25, -0.2) is 0 Å². The average Bonchev–Trinajstić information content (AvgIpc) is 3.10. The van der Waals surface area contributed by atoms with Crippen molar-refractivity contribution >= 4 is 17.6 Å². The van der Waals surface area contributed by atoms with Crippen LogP contribution in [0.3, 0.4) is 0 Å². The van der Waals surface area contributed by atoms with Crippen molar-refractivity contribution in [2.45, 2.75) is 13.0 Å². The summed E-state index contributed by atoms with van der Waals surface area (Å²) in [5.74, 6) is 0.944. The SMILES string of the molecule is O=C(CCOc1ccccc1)OCc1nc(-c2ccc(Cl)cc2)no1. The van der Waals surface area contributed by atoms with Gasteiger partial charge in [-0.3, -0.25) is 4.79 Å². The van der Waals surface area contributed by atoms with Gasteiger partial charge < -0.3 is 14.0 Å². The van der Waals surface area contributed by atoms with E-state index in [4.69, 9.17) is 25.6 Å². The maximum atomic E-state index is 11.7. The molecule has 0 N–H and O–H groups in total. The lowest BCUT2D eigenvalue weighted by Gasteiger charge is -2.05. The predicted molar refractivity (Wildman–Crippen MR) is 91.1 cm³/mol. The highest BCUT2D eigenvalue weighted by Crippen LogP contribution is 2.18. The van der Waals surface area contributed by atoms with Crippen molar-refractivity contribution < 1.29 is 18.8 Å². The predicted octanol–water partition coefficient (Wildman–Crippen LogP) is 3.90. The van der Waals surface area contributed by atoms with E-state index in [0.717, 1.165) is 5.56 Å². The lowest BCUT2D eigenvalue weighted by molar-refractivity contribution is -0.146. The highest BCUT2D eigenvalue weighted by atomic mass is 35.5. The van der Waals surface area contributed by atoms with E-state index in [1.54, 1.807) is 24.3 Å². The van der Waals surface area contributed by atoms with Crippen LogP contribution in [0.2, 0.25) is 5.02 Å². The van der Waals surface area contributed by atoms with Crippen molar-refractivity contribution in [3.63, 3.8) is 0 Å². The highest BCUT2D eigenvalue weighted by Gasteiger charge is 2.11. The van der Waals surface area contributed by atoms with Crippen molar-refractivity contribution in [1.82, 2.24) is 10.1 Å². The Labute approximate surface area is 149 Å². The first kappa shape index (κ1) is 17.0. The number of benzene rings is 2. The minimum absolute atomic E-state index is 0.0786. The Bertz CT molecular complexity index is 819. The molecule has 0 aliphatic heterocycles. The van der Waals surface area contributed by atoms with Gasteiger partial charge in [0.15, 0.2) is 6.61 Å². The van der Waals surface area contributed by atoms with Crippen LogP contribution in [0.4, 0.5) is 0 Å². The lowest BCUT2D eigenvalue weighted by atomic mass is 10.2. The molecule has 7 heteroatoms. The zero-order valence-electron chi connectivity index (χ0n) is 13.2. The molecule has 1 aromatic heterocycles. The molecule has 0 amide bonds. The van der Waals surface area contributed by atoms with E-state index in [9.17, 15) is 4.79 Å². The molecule has 25 heavy (non-hydrogen) atoms. The Morgan fingerprint density at radius 2 is 1.84 bits per heavy atom. The van der Waals surface area contributed by atoms with Crippen LogP contribution < -0.4 is 4.74 Å². The minimum Gasteiger partial charge on any atom is -0.493 e. The fraction of sp³-hybridized carbons (Fsp3) is 0.167. The Balaban J connectivity index is 1.44. The number of esters is 1. The molecular formula is C18H15ClN2O4. The molecule has 0 aliphatic carbocycles. The fourth-order valence-electron chi connectivity index (χ4n) is 2.01.